The second-order valence-corrected chi connectivity index (χ2v) is 6.29. The van der Waals surface area contributed by atoms with Gasteiger partial charge in [-0.3, -0.25) is 9.59 Å². The number of nitrogens with one attached hydrogen (secondary N) is 1. The first-order valence-corrected chi connectivity index (χ1v) is 7.78. The predicted octanol–water partition coefficient (Wildman–Crippen LogP) is 2.69. The van der Waals surface area contributed by atoms with E-state index in [9.17, 15) is 9.59 Å². The van der Waals surface area contributed by atoms with Crippen molar-refractivity contribution in [3.05, 3.63) is 34.9 Å². The Balaban J connectivity index is 1.87. The first-order chi connectivity index (χ1) is 9.97. The van der Waals surface area contributed by atoms with Gasteiger partial charge in [-0.25, -0.2) is 0 Å². The number of carbonyl (C=O) groups is 2. The summed E-state index contributed by atoms with van der Waals surface area (Å²) in [5.41, 5.74) is 0.635. The van der Waals surface area contributed by atoms with Gasteiger partial charge >= 0.3 is 0 Å². The molecular formula is C15H18Cl2N2O2. The van der Waals surface area contributed by atoms with Crippen LogP contribution >= 0.6 is 23.2 Å². The zero-order chi connectivity index (χ0) is 15.4. The Kier molecular flexibility index (Phi) is 5.48. The van der Waals surface area contributed by atoms with Crippen LogP contribution in [0.25, 0.3) is 0 Å². The minimum atomic E-state index is -0.529. The lowest BCUT2D eigenvalue weighted by Crippen LogP contribution is -2.47. The van der Waals surface area contributed by atoms with Gasteiger partial charge in [0.2, 0.25) is 5.91 Å². The van der Waals surface area contributed by atoms with Crippen LogP contribution in [0.4, 0.5) is 0 Å². The molecule has 1 aromatic carbocycles. The fourth-order valence-electron chi connectivity index (χ4n) is 2.32. The van der Waals surface area contributed by atoms with E-state index in [-0.39, 0.29) is 17.9 Å². The van der Waals surface area contributed by atoms with Gasteiger partial charge in [-0.05, 0) is 44.0 Å². The zero-order valence-electron chi connectivity index (χ0n) is 11.8. The van der Waals surface area contributed by atoms with Crippen molar-refractivity contribution in [2.75, 3.05) is 13.1 Å². The van der Waals surface area contributed by atoms with Crippen LogP contribution in [0.15, 0.2) is 24.3 Å². The number of piperidine rings is 1. The molecule has 114 valence electrons. The lowest BCUT2D eigenvalue weighted by Gasteiger charge is -2.32. The van der Waals surface area contributed by atoms with Crippen molar-refractivity contribution in [1.29, 1.82) is 0 Å². The summed E-state index contributed by atoms with van der Waals surface area (Å²) in [6, 6.07) is 6.97. The lowest BCUT2D eigenvalue weighted by atomic mass is 10.0. The molecule has 1 atom stereocenters. The summed E-state index contributed by atoms with van der Waals surface area (Å²) in [5.74, 6) is -0.152. The standard InChI is InChI=1S/C15H18Cl2N2O2/c1-10(16)14(20)18-13-6-8-19(9-7-13)15(21)11-2-4-12(17)5-3-11/h2-5,10,13H,6-9H2,1H3,(H,18,20). The van der Waals surface area contributed by atoms with Gasteiger partial charge in [-0.2, -0.15) is 0 Å². The Morgan fingerprint density at radius 2 is 1.81 bits per heavy atom. The van der Waals surface area contributed by atoms with Gasteiger partial charge in [-0.15, -0.1) is 11.6 Å². The van der Waals surface area contributed by atoms with Gasteiger partial charge in [0.05, 0.1) is 0 Å². The van der Waals surface area contributed by atoms with E-state index in [0.717, 1.165) is 12.8 Å². The fraction of sp³-hybridized carbons (Fsp3) is 0.467. The van der Waals surface area contributed by atoms with E-state index >= 15 is 0 Å². The van der Waals surface area contributed by atoms with Gasteiger partial charge in [0.15, 0.2) is 0 Å². The molecule has 0 aliphatic carbocycles. The Hall–Kier alpha value is -1.26. The Morgan fingerprint density at radius 3 is 2.33 bits per heavy atom. The highest BCUT2D eigenvalue weighted by atomic mass is 35.5. The molecule has 2 amide bonds. The second-order valence-electron chi connectivity index (χ2n) is 5.20. The molecule has 0 aromatic heterocycles. The average molecular weight is 329 g/mol. The number of benzene rings is 1. The molecule has 1 N–H and O–H groups in total. The van der Waals surface area contributed by atoms with Gasteiger partial charge < -0.3 is 10.2 Å². The molecule has 0 radical (unpaired) electrons. The van der Waals surface area contributed by atoms with Crippen molar-refractivity contribution in [3.8, 4) is 0 Å². The molecule has 0 saturated carbocycles. The lowest BCUT2D eigenvalue weighted by molar-refractivity contribution is -0.121. The summed E-state index contributed by atoms with van der Waals surface area (Å²) in [6.07, 6.45) is 1.49. The monoisotopic (exact) mass is 328 g/mol. The van der Waals surface area contributed by atoms with Crippen LogP contribution in [-0.2, 0) is 4.79 Å². The number of hydrogen-bond acceptors (Lipinski definition) is 2. The molecular weight excluding hydrogens is 311 g/mol. The van der Waals surface area contributed by atoms with E-state index < -0.39 is 5.38 Å². The van der Waals surface area contributed by atoms with Crippen LogP contribution in [0, 0.1) is 0 Å². The maximum Gasteiger partial charge on any atom is 0.253 e. The molecule has 2 rings (SSSR count). The van der Waals surface area contributed by atoms with Crippen LogP contribution in [-0.4, -0.2) is 41.2 Å². The Labute approximate surface area is 134 Å². The Morgan fingerprint density at radius 1 is 1.24 bits per heavy atom. The van der Waals surface area contributed by atoms with Crippen molar-refractivity contribution >= 4 is 35.0 Å². The smallest absolute Gasteiger partial charge is 0.253 e. The Bertz CT molecular complexity index is 509. The molecule has 1 aliphatic rings. The largest absolute Gasteiger partial charge is 0.352 e. The van der Waals surface area contributed by atoms with Crippen LogP contribution in [0.3, 0.4) is 0 Å². The van der Waals surface area contributed by atoms with Crippen LogP contribution in [0.2, 0.25) is 5.02 Å². The number of alkyl halides is 1. The van der Waals surface area contributed by atoms with E-state index in [1.54, 1.807) is 36.1 Å². The third-order valence-corrected chi connectivity index (χ3v) is 4.03. The molecule has 0 spiro atoms. The summed E-state index contributed by atoms with van der Waals surface area (Å²) < 4.78 is 0. The molecule has 1 saturated heterocycles. The summed E-state index contributed by atoms with van der Waals surface area (Å²) in [4.78, 5) is 25.7. The SMILES string of the molecule is CC(Cl)C(=O)NC1CCN(C(=O)c2ccc(Cl)cc2)CC1. The van der Waals surface area contributed by atoms with E-state index in [1.165, 1.54) is 0 Å². The molecule has 21 heavy (non-hydrogen) atoms. The fourth-order valence-corrected chi connectivity index (χ4v) is 2.51. The van der Waals surface area contributed by atoms with Gasteiger partial charge in [0.1, 0.15) is 5.38 Å². The molecule has 0 bridgehead atoms. The number of nitrogens with zero attached hydrogens (tertiary/aromatic N) is 1. The average Bonchev–Trinajstić information content (AvgIpc) is 2.48. The predicted molar refractivity (Wildman–Crippen MR) is 83.8 cm³/mol. The maximum atomic E-state index is 12.3. The van der Waals surface area contributed by atoms with Crippen molar-refractivity contribution in [1.82, 2.24) is 10.2 Å². The molecule has 1 aromatic rings. The third kappa shape index (κ3) is 4.35. The van der Waals surface area contributed by atoms with Crippen LogP contribution < -0.4 is 5.32 Å². The number of likely N-dealkylation sites (tertiary alicyclic amines) is 1. The quantitative estimate of drug-likeness (QED) is 0.867. The first kappa shape index (κ1) is 16.1. The number of rotatable bonds is 3. The minimum Gasteiger partial charge on any atom is -0.352 e. The normalized spacial score (nSPS) is 17.4. The summed E-state index contributed by atoms with van der Waals surface area (Å²) in [6.45, 7) is 2.90. The summed E-state index contributed by atoms with van der Waals surface area (Å²) in [5, 5.41) is 2.98. The van der Waals surface area contributed by atoms with E-state index in [4.69, 9.17) is 23.2 Å². The van der Waals surface area contributed by atoms with Crippen molar-refractivity contribution < 1.29 is 9.59 Å². The van der Waals surface area contributed by atoms with E-state index in [0.29, 0.717) is 23.7 Å². The van der Waals surface area contributed by atoms with Gasteiger partial charge in [0.25, 0.3) is 5.91 Å². The maximum absolute atomic E-state index is 12.3. The van der Waals surface area contributed by atoms with Crippen LogP contribution in [0.5, 0.6) is 0 Å². The highest BCUT2D eigenvalue weighted by Gasteiger charge is 2.25. The second kappa shape index (κ2) is 7.14. The van der Waals surface area contributed by atoms with Gasteiger partial charge in [-0.1, -0.05) is 11.6 Å². The molecule has 1 fully saturated rings. The third-order valence-electron chi connectivity index (χ3n) is 3.58. The number of amides is 2. The minimum absolute atomic E-state index is 0.00200. The molecule has 1 aliphatic heterocycles. The van der Waals surface area contributed by atoms with Crippen molar-refractivity contribution in [2.24, 2.45) is 0 Å². The number of carbonyl (C=O) groups excluding carboxylic acids is 2. The van der Waals surface area contributed by atoms with Crippen molar-refractivity contribution in [3.63, 3.8) is 0 Å². The highest BCUT2D eigenvalue weighted by molar-refractivity contribution is 6.30. The highest BCUT2D eigenvalue weighted by Crippen LogP contribution is 2.16. The molecule has 1 unspecified atom stereocenters. The number of hydrogen-bond donors (Lipinski definition) is 1. The first-order valence-electron chi connectivity index (χ1n) is 6.96. The topological polar surface area (TPSA) is 49.4 Å². The van der Waals surface area contributed by atoms with E-state index in [2.05, 4.69) is 5.32 Å². The summed E-state index contributed by atoms with van der Waals surface area (Å²) in [7, 11) is 0. The molecule has 6 heteroatoms. The molecule has 4 nitrogen and oxygen atoms in total. The molecule has 1 heterocycles. The van der Waals surface area contributed by atoms with E-state index in [1.807, 2.05) is 0 Å². The number of halogens is 2. The summed E-state index contributed by atoms with van der Waals surface area (Å²) >= 11 is 11.6. The van der Waals surface area contributed by atoms with Crippen LogP contribution in [0.1, 0.15) is 30.1 Å². The van der Waals surface area contributed by atoms with Crippen molar-refractivity contribution in [2.45, 2.75) is 31.2 Å². The van der Waals surface area contributed by atoms with Gasteiger partial charge in [0, 0.05) is 29.7 Å². The zero-order valence-corrected chi connectivity index (χ0v) is 13.3.